The highest BCUT2D eigenvalue weighted by Gasteiger charge is 2.40. The second-order valence-electron chi connectivity index (χ2n) is 6.24. The number of imide groups is 1. The third-order valence-corrected chi connectivity index (χ3v) is 4.64. The van der Waals surface area contributed by atoms with Crippen molar-refractivity contribution in [2.45, 2.75) is 31.5 Å². The minimum atomic E-state index is -0.626. The van der Waals surface area contributed by atoms with Crippen molar-refractivity contribution in [3.63, 3.8) is 0 Å². The molecule has 0 aliphatic carbocycles. The summed E-state index contributed by atoms with van der Waals surface area (Å²) >= 11 is 0. The van der Waals surface area contributed by atoms with E-state index in [1.807, 2.05) is 6.07 Å². The van der Waals surface area contributed by atoms with E-state index >= 15 is 0 Å². The Bertz CT molecular complexity index is 747. The molecule has 3 aliphatic heterocycles. The summed E-state index contributed by atoms with van der Waals surface area (Å²) in [5, 5.41) is 14.7. The van der Waals surface area contributed by atoms with Gasteiger partial charge in [-0.15, -0.1) is 0 Å². The molecule has 24 heavy (non-hydrogen) atoms. The van der Waals surface area contributed by atoms with Crippen LogP contribution in [0.4, 0.5) is 5.69 Å². The molecular formula is C16H17N3O5. The predicted octanol–water partition coefficient (Wildman–Crippen LogP) is -0.387. The normalized spacial score (nSPS) is 25.5. The van der Waals surface area contributed by atoms with Gasteiger partial charge < -0.3 is 20.1 Å². The summed E-state index contributed by atoms with van der Waals surface area (Å²) < 4.78 is 5.60. The molecule has 8 heteroatoms. The number of ether oxygens (including phenoxy) is 1. The zero-order valence-electron chi connectivity index (χ0n) is 12.9. The molecule has 126 valence electrons. The first kappa shape index (κ1) is 14.9. The van der Waals surface area contributed by atoms with Gasteiger partial charge >= 0.3 is 0 Å². The molecular weight excluding hydrogens is 314 g/mol. The fraction of sp³-hybridized carbons (Fsp3) is 0.438. The summed E-state index contributed by atoms with van der Waals surface area (Å²) in [6.07, 6.45) is 0.571. The Labute approximate surface area is 137 Å². The van der Waals surface area contributed by atoms with Gasteiger partial charge in [-0.25, -0.2) is 0 Å². The van der Waals surface area contributed by atoms with Crippen LogP contribution < -0.4 is 15.4 Å². The monoisotopic (exact) mass is 331 g/mol. The number of nitrogens with one attached hydrogen (secondary N) is 2. The molecule has 3 heterocycles. The van der Waals surface area contributed by atoms with Crippen molar-refractivity contribution < 1.29 is 24.2 Å². The molecule has 3 amide bonds. The standard InChI is InChI=1S/C16H17N3O5/c20-6-9-7-24-13-4-10-8(3-11(13)17-9)5-19(16(10)23)12-1-2-14(21)18-15(12)22/h3-4,9,12,17,20H,1-2,5-7H2,(H,18,21,22). The van der Waals surface area contributed by atoms with Gasteiger partial charge in [0.15, 0.2) is 0 Å². The highest BCUT2D eigenvalue weighted by molar-refractivity contribution is 6.05. The van der Waals surface area contributed by atoms with Gasteiger partial charge in [0.2, 0.25) is 11.8 Å². The number of hydrogen-bond donors (Lipinski definition) is 3. The first-order valence-corrected chi connectivity index (χ1v) is 7.88. The lowest BCUT2D eigenvalue weighted by Gasteiger charge is -2.29. The van der Waals surface area contributed by atoms with Crippen LogP contribution in [0.5, 0.6) is 5.75 Å². The summed E-state index contributed by atoms with van der Waals surface area (Å²) in [6.45, 7) is 0.602. The van der Waals surface area contributed by atoms with Crippen molar-refractivity contribution in [1.29, 1.82) is 0 Å². The van der Waals surface area contributed by atoms with Gasteiger partial charge in [0.1, 0.15) is 18.4 Å². The SMILES string of the molecule is O=C1CCC(N2Cc3cc4c(cc3C2=O)OCC(CO)N4)C(=O)N1. The van der Waals surface area contributed by atoms with E-state index in [2.05, 4.69) is 10.6 Å². The molecule has 1 aromatic carbocycles. The topological polar surface area (TPSA) is 108 Å². The molecule has 0 radical (unpaired) electrons. The third kappa shape index (κ3) is 2.30. The lowest BCUT2D eigenvalue weighted by atomic mass is 10.0. The van der Waals surface area contributed by atoms with Crippen LogP contribution in [0.15, 0.2) is 12.1 Å². The second-order valence-corrected chi connectivity index (χ2v) is 6.24. The summed E-state index contributed by atoms with van der Waals surface area (Å²) in [7, 11) is 0. The maximum atomic E-state index is 12.7. The molecule has 3 aliphatic rings. The molecule has 8 nitrogen and oxygen atoms in total. The summed E-state index contributed by atoms with van der Waals surface area (Å²) in [5.41, 5.74) is 2.05. The molecule has 0 saturated carbocycles. The predicted molar refractivity (Wildman–Crippen MR) is 82.5 cm³/mol. The maximum absolute atomic E-state index is 12.7. The van der Waals surface area contributed by atoms with Gasteiger partial charge in [0.05, 0.1) is 18.3 Å². The largest absolute Gasteiger partial charge is 0.489 e. The maximum Gasteiger partial charge on any atom is 0.255 e. The molecule has 4 rings (SSSR count). The molecule has 2 atom stereocenters. The average molecular weight is 331 g/mol. The number of hydrogen-bond acceptors (Lipinski definition) is 6. The van der Waals surface area contributed by atoms with E-state index in [9.17, 15) is 19.5 Å². The Hall–Kier alpha value is -2.61. The van der Waals surface area contributed by atoms with Crippen molar-refractivity contribution in [2.24, 2.45) is 0 Å². The second kappa shape index (κ2) is 5.48. The first-order valence-electron chi connectivity index (χ1n) is 7.88. The van der Waals surface area contributed by atoms with Gasteiger partial charge in [0.25, 0.3) is 5.91 Å². The van der Waals surface area contributed by atoms with E-state index in [0.717, 1.165) is 11.3 Å². The molecule has 0 bridgehead atoms. The summed E-state index contributed by atoms with van der Waals surface area (Å²) in [4.78, 5) is 37.5. The van der Waals surface area contributed by atoms with E-state index in [4.69, 9.17) is 4.74 Å². The van der Waals surface area contributed by atoms with Crippen molar-refractivity contribution in [1.82, 2.24) is 10.2 Å². The fourth-order valence-electron chi connectivity index (χ4n) is 3.38. The summed E-state index contributed by atoms with van der Waals surface area (Å²) in [5.74, 6) is -0.387. The summed E-state index contributed by atoms with van der Waals surface area (Å²) in [6, 6.07) is 2.70. The van der Waals surface area contributed by atoms with Crippen molar-refractivity contribution in [3.8, 4) is 5.75 Å². The van der Waals surface area contributed by atoms with Gasteiger partial charge in [-0.1, -0.05) is 0 Å². The van der Waals surface area contributed by atoms with Crippen molar-refractivity contribution >= 4 is 23.4 Å². The van der Waals surface area contributed by atoms with Crippen LogP contribution >= 0.6 is 0 Å². The van der Waals surface area contributed by atoms with Gasteiger partial charge in [0, 0.05) is 18.5 Å². The smallest absolute Gasteiger partial charge is 0.255 e. The van der Waals surface area contributed by atoms with Gasteiger partial charge in [-0.05, 0) is 24.1 Å². The number of aliphatic hydroxyl groups excluding tert-OH is 1. The fourth-order valence-corrected chi connectivity index (χ4v) is 3.38. The zero-order valence-corrected chi connectivity index (χ0v) is 12.9. The van der Waals surface area contributed by atoms with Crippen LogP contribution in [0.3, 0.4) is 0 Å². The number of anilines is 1. The minimum Gasteiger partial charge on any atom is -0.489 e. The average Bonchev–Trinajstić information content (AvgIpc) is 2.88. The van der Waals surface area contributed by atoms with Crippen LogP contribution in [0, 0.1) is 0 Å². The Morgan fingerprint density at radius 1 is 1.29 bits per heavy atom. The van der Waals surface area contributed by atoms with Crippen molar-refractivity contribution in [2.75, 3.05) is 18.5 Å². The molecule has 3 N–H and O–H groups in total. The third-order valence-electron chi connectivity index (χ3n) is 4.64. The Morgan fingerprint density at radius 2 is 2.12 bits per heavy atom. The number of nitrogens with zero attached hydrogens (tertiary/aromatic N) is 1. The van der Waals surface area contributed by atoms with Crippen LogP contribution in [-0.4, -0.2) is 53.0 Å². The van der Waals surface area contributed by atoms with E-state index in [1.165, 1.54) is 4.90 Å². The number of aliphatic hydroxyl groups is 1. The van der Waals surface area contributed by atoms with Crippen molar-refractivity contribution in [3.05, 3.63) is 23.3 Å². The highest BCUT2D eigenvalue weighted by atomic mass is 16.5. The van der Waals surface area contributed by atoms with Crippen LogP contribution in [0.2, 0.25) is 0 Å². The number of benzene rings is 1. The first-order chi connectivity index (χ1) is 11.6. The zero-order chi connectivity index (χ0) is 16.8. The van der Waals surface area contributed by atoms with E-state index in [0.29, 0.717) is 30.9 Å². The lowest BCUT2D eigenvalue weighted by Crippen LogP contribution is -2.52. The molecule has 0 spiro atoms. The number of piperidine rings is 1. The minimum absolute atomic E-state index is 0.0438. The van der Waals surface area contributed by atoms with Crippen LogP contribution in [0.1, 0.15) is 28.8 Å². The van der Waals surface area contributed by atoms with E-state index in [1.54, 1.807) is 6.07 Å². The number of amides is 3. The molecule has 1 aromatic rings. The molecule has 1 saturated heterocycles. The van der Waals surface area contributed by atoms with E-state index in [-0.39, 0.29) is 30.9 Å². The molecule has 0 aromatic heterocycles. The van der Waals surface area contributed by atoms with E-state index < -0.39 is 11.9 Å². The number of rotatable bonds is 2. The lowest BCUT2D eigenvalue weighted by molar-refractivity contribution is -0.136. The Kier molecular flexibility index (Phi) is 3.42. The number of carbonyl (C=O) groups is 3. The highest BCUT2D eigenvalue weighted by Crippen LogP contribution is 2.37. The molecule has 1 fully saturated rings. The Balaban J connectivity index is 1.61. The number of fused-ring (bicyclic) bond motifs is 2. The number of carbonyl (C=O) groups excluding carboxylic acids is 3. The Morgan fingerprint density at radius 3 is 2.88 bits per heavy atom. The van der Waals surface area contributed by atoms with Gasteiger partial charge in [-0.3, -0.25) is 19.7 Å². The quantitative estimate of drug-likeness (QED) is 0.637. The van der Waals surface area contributed by atoms with Gasteiger partial charge in [-0.2, -0.15) is 0 Å². The molecule has 2 unspecified atom stereocenters. The van der Waals surface area contributed by atoms with Crippen LogP contribution in [-0.2, 0) is 16.1 Å². The van der Waals surface area contributed by atoms with Crippen LogP contribution in [0.25, 0.3) is 0 Å².